The molecule has 0 aliphatic heterocycles. The summed E-state index contributed by atoms with van der Waals surface area (Å²) in [5.74, 6) is -0.0936. The van der Waals surface area contributed by atoms with Crippen molar-refractivity contribution in [1.29, 1.82) is 0 Å². The minimum absolute atomic E-state index is 0.00204. The van der Waals surface area contributed by atoms with Crippen LogP contribution in [-0.2, 0) is 16.1 Å². The highest BCUT2D eigenvalue weighted by atomic mass is 16.2. The minimum Gasteiger partial charge on any atom is -0.352 e. The fourth-order valence-electron chi connectivity index (χ4n) is 5.33. The average molecular weight is 483 g/mol. The summed E-state index contributed by atoms with van der Waals surface area (Å²) in [6, 6.07) is 30.1. The van der Waals surface area contributed by atoms with Gasteiger partial charge in [0.05, 0.1) is 0 Å². The predicted octanol–water partition coefficient (Wildman–Crippen LogP) is 6.46. The second-order valence-electron chi connectivity index (χ2n) is 9.85. The summed E-state index contributed by atoms with van der Waals surface area (Å²) in [4.78, 5) is 29.4. The van der Waals surface area contributed by atoms with Crippen molar-refractivity contribution >= 4 is 11.8 Å². The van der Waals surface area contributed by atoms with Crippen molar-refractivity contribution in [1.82, 2.24) is 10.2 Å². The largest absolute Gasteiger partial charge is 0.352 e. The molecule has 1 aliphatic carbocycles. The van der Waals surface area contributed by atoms with Gasteiger partial charge in [-0.05, 0) is 36.0 Å². The summed E-state index contributed by atoms with van der Waals surface area (Å²) < 4.78 is 0. The van der Waals surface area contributed by atoms with Gasteiger partial charge >= 0.3 is 0 Å². The molecule has 0 saturated heterocycles. The first-order chi connectivity index (χ1) is 17.7. The molecule has 1 saturated carbocycles. The molecule has 0 bridgehead atoms. The van der Waals surface area contributed by atoms with Crippen LogP contribution in [0.5, 0.6) is 0 Å². The van der Waals surface area contributed by atoms with Crippen LogP contribution in [0.2, 0.25) is 0 Å². The number of benzene rings is 3. The average Bonchev–Trinajstić information content (AvgIpc) is 2.93. The van der Waals surface area contributed by atoms with Gasteiger partial charge in [0.1, 0.15) is 6.04 Å². The lowest BCUT2D eigenvalue weighted by Gasteiger charge is -2.34. The van der Waals surface area contributed by atoms with Gasteiger partial charge in [0.15, 0.2) is 0 Å². The Balaban J connectivity index is 1.60. The number of rotatable bonds is 10. The Bertz CT molecular complexity index is 1040. The van der Waals surface area contributed by atoms with E-state index in [0.29, 0.717) is 19.4 Å². The van der Waals surface area contributed by atoms with Crippen molar-refractivity contribution in [3.05, 3.63) is 108 Å². The SMILES string of the molecule is CCC(C(=O)NC1CCCCC1)N(Cc1ccccc1)C(=O)CC(c1ccccc1)c1ccccc1. The van der Waals surface area contributed by atoms with Crippen LogP contribution >= 0.6 is 0 Å². The van der Waals surface area contributed by atoms with E-state index in [1.165, 1.54) is 6.42 Å². The monoisotopic (exact) mass is 482 g/mol. The number of nitrogens with one attached hydrogen (secondary N) is 1. The first-order valence-electron chi connectivity index (χ1n) is 13.4. The molecule has 1 atom stereocenters. The molecule has 0 heterocycles. The number of hydrogen-bond donors (Lipinski definition) is 1. The minimum atomic E-state index is -0.494. The van der Waals surface area contributed by atoms with Crippen LogP contribution in [0.1, 0.15) is 74.5 Å². The van der Waals surface area contributed by atoms with Gasteiger partial charge in [-0.3, -0.25) is 9.59 Å². The summed E-state index contributed by atoms with van der Waals surface area (Å²) in [6.07, 6.45) is 6.50. The van der Waals surface area contributed by atoms with Gasteiger partial charge in [-0.15, -0.1) is 0 Å². The van der Waals surface area contributed by atoms with Crippen LogP contribution in [0.15, 0.2) is 91.0 Å². The lowest BCUT2D eigenvalue weighted by atomic mass is 9.88. The molecule has 2 amide bonds. The Morgan fingerprint density at radius 2 is 1.33 bits per heavy atom. The molecule has 3 aromatic carbocycles. The molecule has 4 nitrogen and oxygen atoms in total. The van der Waals surface area contributed by atoms with E-state index in [4.69, 9.17) is 0 Å². The molecule has 0 radical (unpaired) electrons. The Hall–Kier alpha value is -3.40. The summed E-state index contributed by atoms with van der Waals surface area (Å²) in [7, 11) is 0. The second kappa shape index (κ2) is 13.1. The summed E-state index contributed by atoms with van der Waals surface area (Å²) in [6.45, 7) is 2.43. The normalized spacial score (nSPS) is 14.8. The third kappa shape index (κ3) is 6.84. The highest BCUT2D eigenvalue weighted by molar-refractivity contribution is 5.88. The summed E-state index contributed by atoms with van der Waals surface area (Å²) in [5.41, 5.74) is 3.25. The van der Waals surface area contributed by atoms with Crippen molar-refractivity contribution in [2.24, 2.45) is 0 Å². The molecular weight excluding hydrogens is 444 g/mol. The molecule has 1 N–H and O–H groups in total. The quantitative estimate of drug-likeness (QED) is 0.360. The zero-order valence-corrected chi connectivity index (χ0v) is 21.3. The topological polar surface area (TPSA) is 49.4 Å². The molecule has 1 aliphatic rings. The van der Waals surface area contributed by atoms with Crippen LogP contribution in [-0.4, -0.2) is 28.8 Å². The first-order valence-corrected chi connectivity index (χ1v) is 13.4. The van der Waals surface area contributed by atoms with E-state index in [1.807, 2.05) is 78.6 Å². The molecule has 1 fully saturated rings. The fraction of sp³-hybridized carbons (Fsp3) is 0.375. The van der Waals surface area contributed by atoms with E-state index in [0.717, 1.165) is 42.4 Å². The highest BCUT2D eigenvalue weighted by Gasteiger charge is 2.32. The zero-order valence-electron chi connectivity index (χ0n) is 21.3. The predicted molar refractivity (Wildman–Crippen MR) is 145 cm³/mol. The Morgan fingerprint density at radius 1 is 0.806 bits per heavy atom. The molecule has 0 aromatic heterocycles. The van der Waals surface area contributed by atoms with E-state index < -0.39 is 6.04 Å². The first kappa shape index (κ1) is 25.7. The molecule has 36 heavy (non-hydrogen) atoms. The number of amides is 2. The maximum atomic E-state index is 14.0. The molecule has 188 valence electrons. The van der Waals surface area contributed by atoms with Crippen molar-refractivity contribution in [3.8, 4) is 0 Å². The summed E-state index contributed by atoms with van der Waals surface area (Å²) in [5, 5.41) is 3.27. The molecule has 1 unspecified atom stereocenters. The van der Waals surface area contributed by atoms with Crippen LogP contribution in [0.3, 0.4) is 0 Å². The van der Waals surface area contributed by atoms with Gasteiger partial charge in [0.25, 0.3) is 0 Å². The maximum Gasteiger partial charge on any atom is 0.243 e. The Labute approximate surface area is 215 Å². The maximum absolute atomic E-state index is 14.0. The van der Waals surface area contributed by atoms with E-state index in [-0.39, 0.29) is 23.8 Å². The van der Waals surface area contributed by atoms with Gasteiger partial charge in [-0.25, -0.2) is 0 Å². The van der Waals surface area contributed by atoms with Crippen molar-refractivity contribution in [3.63, 3.8) is 0 Å². The van der Waals surface area contributed by atoms with Gasteiger partial charge in [0, 0.05) is 24.9 Å². The highest BCUT2D eigenvalue weighted by Crippen LogP contribution is 2.30. The van der Waals surface area contributed by atoms with Crippen LogP contribution in [0, 0.1) is 0 Å². The molecule has 3 aromatic rings. The molecule has 0 spiro atoms. The van der Waals surface area contributed by atoms with Crippen molar-refractivity contribution < 1.29 is 9.59 Å². The number of hydrogen-bond acceptors (Lipinski definition) is 2. The van der Waals surface area contributed by atoms with Gasteiger partial charge in [-0.2, -0.15) is 0 Å². The lowest BCUT2D eigenvalue weighted by molar-refractivity contribution is -0.142. The lowest BCUT2D eigenvalue weighted by Crippen LogP contribution is -2.51. The van der Waals surface area contributed by atoms with Crippen molar-refractivity contribution in [2.75, 3.05) is 0 Å². The van der Waals surface area contributed by atoms with E-state index in [1.54, 1.807) is 0 Å². The molecular formula is C32H38N2O2. The fourth-order valence-corrected chi connectivity index (χ4v) is 5.33. The van der Waals surface area contributed by atoms with Crippen LogP contribution in [0.25, 0.3) is 0 Å². The Morgan fingerprint density at radius 3 is 1.86 bits per heavy atom. The number of carbonyl (C=O) groups excluding carboxylic acids is 2. The number of nitrogens with zero attached hydrogens (tertiary/aromatic N) is 1. The van der Waals surface area contributed by atoms with Crippen LogP contribution < -0.4 is 5.32 Å². The summed E-state index contributed by atoms with van der Waals surface area (Å²) >= 11 is 0. The van der Waals surface area contributed by atoms with Gasteiger partial charge in [-0.1, -0.05) is 117 Å². The van der Waals surface area contributed by atoms with E-state index in [9.17, 15) is 9.59 Å². The smallest absolute Gasteiger partial charge is 0.243 e. The second-order valence-corrected chi connectivity index (χ2v) is 9.85. The van der Waals surface area contributed by atoms with E-state index in [2.05, 4.69) is 29.6 Å². The third-order valence-electron chi connectivity index (χ3n) is 7.32. The molecule has 4 heteroatoms. The van der Waals surface area contributed by atoms with Crippen molar-refractivity contribution in [2.45, 2.75) is 76.4 Å². The standard InChI is InChI=1S/C32H38N2O2/c1-2-30(32(36)33-28-21-13-6-14-22-28)34(24-25-15-7-3-8-16-25)31(35)23-29(26-17-9-4-10-18-26)27-19-11-5-12-20-27/h3-5,7-12,15-20,28-30H,2,6,13-14,21-24H2,1H3,(H,33,36). The van der Waals surface area contributed by atoms with Gasteiger partial charge in [0.2, 0.25) is 11.8 Å². The zero-order chi connectivity index (χ0) is 25.2. The number of carbonyl (C=O) groups is 2. The van der Waals surface area contributed by atoms with Crippen LogP contribution in [0.4, 0.5) is 0 Å². The van der Waals surface area contributed by atoms with Gasteiger partial charge < -0.3 is 10.2 Å². The Kier molecular flexibility index (Phi) is 9.32. The molecule has 4 rings (SSSR count). The third-order valence-corrected chi connectivity index (χ3v) is 7.32. The van der Waals surface area contributed by atoms with E-state index >= 15 is 0 Å².